The van der Waals surface area contributed by atoms with E-state index in [0.717, 1.165) is 25.7 Å². The number of nitrogens with zero attached hydrogens (tertiary/aromatic N) is 2. The van der Waals surface area contributed by atoms with Crippen LogP contribution in [0.5, 0.6) is 0 Å². The lowest BCUT2D eigenvalue weighted by molar-refractivity contribution is -0.138. The molecule has 2 rings (SSSR count). The molecule has 1 fully saturated rings. The van der Waals surface area contributed by atoms with E-state index in [1.807, 2.05) is 11.8 Å². The molecule has 0 atom stereocenters. The fourth-order valence-corrected chi connectivity index (χ4v) is 3.21. The number of rotatable bonds is 7. The maximum Gasteiger partial charge on any atom is 0.273 e. The SMILES string of the molecule is CCNC(=O)c1cc(CN(CC(C)C)C(=O)C2CCCCC2)on1. The maximum atomic E-state index is 12.9. The summed E-state index contributed by atoms with van der Waals surface area (Å²) in [6.45, 7) is 7.66. The van der Waals surface area contributed by atoms with Crippen LogP contribution in [0.15, 0.2) is 10.6 Å². The van der Waals surface area contributed by atoms with Gasteiger partial charge in [-0.05, 0) is 25.7 Å². The van der Waals surface area contributed by atoms with E-state index in [1.165, 1.54) is 6.42 Å². The number of nitrogens with one attached hydrogen (secondary N) is 1. The molecule has 24 heavy (non-hydrogen) atoms. The van der Waals surface area contributed by atoms with Gasteiger partial charge in [0.25, 0.3) is 5.91 Å². The average Bonchev–Trinajstić information content (AvgIpc) is 3.03. The first kappa shape index (κ1) is 18.5. The summed E-state index contributed by atoms with van der Waals surface area (Å²) in [6, 6.07) is 1.63. The lowest BCUT2D eigenvalue weighted by Gasteiger charge is -2.29. The number of carbonyl (C=O) groups is 2. The lowest BCUT2D eigenvalue weighted by atomic mass is 9.88. The molecule has 0 saturated heterocycles. The molecule has 1 aromatic rings. The van der Waals surface area contributed by atoms with Gasteiger partial charge in [-0.15, -0.1) is 0 Å². The first-order valence-electron chi connectivity index (χ1n) is 9.03. The van der Waals surface area contributed by atoms with E-state index < -0.39 is 0 Å². The molecule has 0 radical (unpaired) electrons. The monoisotopic (exact) mass is 335 g/mol. The minimum atomic E-state index is -0.249. The Hall–Kier alpha value is -1.85. The minimum Gasteiger partial charge on any atom is -0.359 e. The van der Waals surface area contributed by atoms with E-state index in [0.29, 0.717) is 31.3 Å². The van der Waals surface area contributed by atoms with Gasteiger partial charge in [0.1, 0.15) is 0 Å². The van der Waals surface area contributed by atoms with Crippen LogP contribution in [0.2, 0.25) is 0 Å². The van der Waals surface area contributed by atoms with Gasteiger partial charge in [0.15, 0.2) is 11.5 Å². The van der Waals surface area contributed by atoms with Crippen LogP contribution in [0.1, 0.15) is 69.1 Å². The van der Waals surface area contributed by atoms with Crippen molar-refractivity contribution in [2.45, 2.75) is 59.4 Å². The topological polar surface area (TPSA) is 75.4 Å². The van der Waals surface area contributed by atoms with Crippen LogP contribution >= 0.6 is 0 Å². The number of carbonyl (C=O) groups excluding carboxylic acids is 2. The van der Waals surface area contributed by atoms with Crippen LogP contribution < -0.4 is 5.32 Å². The first-order valence-corrected chi connectivity index (χ1v) is 9.03. The lowest BCUT2D eigenvalue weighted by Crippen LogP contribution is -2.38. The van der Waals surface area contributed by atoms with E-state index in [2.05, 4.69) is 24.3 Å². The van der Waals surface area contributed by atoms with Crippen molar-refractivity contribution in [2.75, 3.05) is 13.1 Å². The predicted octanol–water partition coefficient (Wildman–Crippen LogP) is 2.99. The molecule has 1 aliphatic rings. The van der Waals surface area contributed by atoms with Gasteiger partial charge >= 0.3 is 0 Å². The summed E-state index contributed by atoms with van der Waals surface area (Å²) < 4.78 is 5.28. The highest BCUT2D eigenvalue weighted by Gasteiger charge is 2.27. The Bertz CT molecular complexity index is 547. The van der Waals surface area contributed by atoms with E-state index in [9.17, 15) is 9.59 Å². The molecule has 0 aliphatic heterocycles. The summed E-state index contributed by atoms with van der Waals surface area (Å²) in [5, 5.41) is 6.51. The zero-order chi connectivity index (χ0) is 17.5. The third-order valence-corrected chi connectivity index (χ3v) is 4.33. The number of aromatic nitrogens is 1. The molecule has 134 valence electrons. The van der Waals surface area contributed by atoms with Crippen LogP contribution in [0.3, 0.4) is 0 Å². The van der Waals surface area contributed by atoms with Crippen LogP contribution in [0.4, 0.5) is 0 Å². The molecule has 1 saturated carbocycles. The quantitative estimate of drug-likeness (QED) is 0.831. The van der Waals surface area contributed by atoms with Crippen molar-refractivity contribution in [3.8, 4) is 0 Å². The minimum absolute atomic E-state index is 0.128. The van der Waals surface area contributed by atoms with Gasteiger partial charge in [0.2, 0.25) is 5.91 Å². The van der Waals surface area contributed by atoms with Crippen molar-refractivity contribution < 1.29 is 14.1 Å². The summed E-state index contributed by atoms with van der Waals surface area (Å²) >= 11 is 0. The Labute approximate surface area is 143 Å². The zero-order valence-electron chi connectivity index (χ0n) is 15.0. The van der Waals surface area contributed by atoms with Gasteiger partial charge in [-0.25, -0.2) is 0 Å². The zero-order valence-corrected chi connectivity index (χ0v) is 15.0. The second-order valence-electron chi connectivity index (χ2n) is 6.99. The van der Waals surface area contributed by atoms with Crippen molar-refractivity contribution in [3.63, 3.8) is 0 Å². The van der Waals surface area contributed by atoms with Crippen molar-refractivity contribution >= 4 is 11.8 Å². The second-order valence-corrected chi connectivity index (χ2v) is 6.99. The number of hydrogen-bond donors (Lipinski definition) is 1. The molecule has 6 heteroatoms. The van der Waals surface area contributed by atoms with Gasteiger partial charge < -0.3 is 14.7 Å². The van der Waals surface area contributed by atoms with Crippen LogP contribution in [-0.2, 0) is 11.3 Å². The highest BCUT2D eigenvalue weighted by molar-refractivity contribution is 5.92. The summed E-state index contributed by atoms with van der Waals surface area (Å²) in [5.41, 5.74) is 0.265. The summed E-state index contributed by atoms with van der Waals surface area (Å²) in [7, 11) is 0. The third-order valence-electron chi connectivity index (χ3n) is 4.33. The molecule has 0 aromatic carbocycles. The van der Waals surface area contributed by atoms with Crippen molar-refractivity contribution in [3.05, 3.63) is 17.5 Å². The van der Waals surface area contributed by atoms with E-state index in [1.54, 1.807) is 6.07 Å². The Morgan fingerprint density at radius 3 is 2.67 bits per heavy atom. The molecule has 1 N–H and O–H groups in total. The molecule has 1 aromatic heterocycles. The smallest absolute Gasteiger partial charge is 0.273 e. The molecule has 1 aliphatic carbocycles. The van der Waals surface area contributed by atoms with Gasteiger partial charge in [-0.2, -0.15) is 0 Å². The van der Waals surface area contributed by atoms with E-state index in [-0.39, 0.29) is 23.4 Å². The normalized spacial score (nSPS) is 15.5. The first-order chi connectivity index (χ1) is 11.5. The van der Waals surface area contributed by atoms with Gasteiger partial charge in [-0.3, -0.25) is 9.59 Å². The summed E-state index contributed by atoms with van der Waals surface area (Å²) in [4.78, 5) is 26.5. The molecule has 1 heterocycles. The van der Waals surface area contributed by atoms with Crippen LogP contribution in [0, 0.1) is 11.8 Å². The Kier molecular flexibility index (Phi) is 6.82. The van der Waals surface area contributed by atoms with E-state index in [4.69, 9.17) is 4.52 Å². The summed E-state index contributed by atoms with van der Waals surface area (Å²) in [6.07, 6.45) is 5.46. The average molecular weight is 335 g/mol. The standard InChI is InChI=1S/C18H29N3O3/c1-4-19-17(22)16-10-15(24-20-16)12-21(11-13(2)3)18(23)14-8-6-5-7-9-14/h10,13-14H,4-9,11-12H2,1-3H3,(H,19,22). The molecule has 6 nitrogen and oxygen atoms in total. The molecular weight excluding hydrogens is 306 g/mol. The highest BCUT2D eigenvalue weighted by Crippen LogP contribution is 2.26. The van der Waals surface area contributed by atoms with Crippen molar-refractivity contribution in [2.24, 2.45) is 11.8 Å². The van der Waals surface area contributed by atoms with Gasteiger partial charge in [0, 0.05) is 25.1 Å². The molecule has 2 amide bonds. The Balaban J connectivity index is 2.05. The predicted molar refractivity (Wildman–Crippen MR) is 91.3 cm³/mol. The highest BCUT2D eigenvalue weighted by atomic mass is 16.5. The number of amides is 2. The molecule has 0 unspecified atom stereocenters. The fraction of sp³-hybridized carbons (Fsp3) is 0.722. The van der Waals surface area contributed by atoms with Crippen molar-refractivity contribution in [1.29, 1.82) is 0 Å². The third kappa shape index (κ3) is 5.08. The van der Waals surface area contributed by atoms with E-state index >= 15 is 0 Å². The van der Waals surface area contributed by atoms with Crippen molar-refractivity contribution in [1.82, 2.24) is 15.4 Å². The number of hydrogen-bond acceptors (Lipinski definition) is 4. The van der Waals surface area contributed by atoms with Gasteiger partial charge in [0.05, 0.1) is 6.54 Å². The Morgan fingerprint density at radius 2 is 2.04 bits per heavy atom. The second kappa shape index (κ2) is 8.85. The molecule has 0 bridgehead atoms. The maximum absolute atomic E-state index is 12.9. The fourth-order valence-electron chi connectivity index (χ4n) is 3.21. The molecule has 0 spiro atoms. The van der Waals surface area contributed by atoms with Crippen LogP contribution in [-0.4, -0.2) is 35.0 Å². The van der Waals surface area contributed by atoms with Crippen LogP contribution in [0.25, 0.3) is 0 Å². The summed E-state index contributed by atoms with van der Waals surface area (Å²) in [5.74, 6) is 1.02. The van der Waals surface area contributed by atoms with Gasteiger partial charge in [-0.1, -0.05) is 38.3 Å². The Morgan fingerprint density at radius 1 is 1.33 bits per heavy atom. The largest absolute Gasteiger partial charge is 0.359 e. The molecular formula is C18H29N3O3.